The maximum Gasteiger partial charge on any atom is 0.234 e. The number of pyridine rings is 1. The van der Waals surface area contributed by atoms with Gasteiger partial charge >= 0.3 is 0 Å². The molecule has 1 saturated heterocycles. The SMILES string of the molecule is Cc1cn2nc(-c3cc(F)c4nc(NC(=O)C5(C)CN(C6CC6)C5)cn4c3)cc(C)c2n1. The molecule has 1 amide bonds. The number of carbonyl (C=O) groups is 1. The lowest BCUT2D eigenvalue weighted by Gasteiger charge is -2.46. The van der Waals surface area contributed by atoms with Gasteiger partial charge in [-0.3, -0.25) is 9.69 Å². The molecule has 32 heavy (non-hydrogen) atoms. The number of nitrogens with zero attached hydrogens (tertiary/aromatic N) is 6. The van der Waals surface area contributed by atoms with Gasteiger partial charge in [0.2, 0.25) is 5.91 Å². The summed E-state index contributed by atoms with van der Waals surface area (Å²) >= 11 is 0. The zero-order chi connectivity index (χ0) is 22.2. The summed E-state index contributed by atoms with van der Waals surface area (Å²) in [6, 6.07) is 3.97. The smallest absolute Gasteiger partial charge is 0.234 e. The Labute approximate surface area is 184 Å². The Morgan fingerprint density at radius 2 is 1.91 bits per heavy atom. The molecule has 0 bridgehead atoms. The Morgan fingerprint density at radius 1 is 1.12 bits per heavy atom. The van der Waals surface area contributed by atoms with Gasteiger partial charge in [-0.15, -0.1) is 0 Å². The van der Waals surface area contributed by atoms with Crippen molar-refractivity contribution in [2.24, 2.45) is 5.41 Å². The summed E-state index contributed by atoms with van der Waals surface area (Å²) in [5, 5.41) is 7.47. The number of aromatic nitrogens is 5. The van der Waals surface area contributed by atoms with Gasteiger partial charge < -0.3 is 9.72 Å². The molecule has 2 fully saturated rings. The number of amides is 1. The predicted octanol–water partition coefficient (Wildman–Crippen LogP) is 3.22. The van der Waals surface area contributed by atoms with Gasteiger partial charge in [-0.1, -0.05) is 0 Å². The van der Waals surface area contributed by atoms with E-state index in [1.54, 1.807) is 21.3 Å². The van der Waals surface area contributed by atoms with Crippen molar-refractivity contribution in [1.82, 2.24) is 28.9 Å². The largest absolute Gasteiger partial charge is 0.309 e. The van der Waals surface area contributed by atoms with Crippen LogP contribution >= 0.6 is 0 Å². The minimum absolute atomic E-state index is 0.0725. The van der Waals surface area contributed by atoms with Gasteiger partial charge in [-0.25, -0.2) is 18.9 Å². The molecule has 4 aromatic rings. The molecule has 1 saturated carbocycles. The number of likely N-dealkylation sites (tertiary alicyclic amines) is 1. The fourth-order valence-corrected chi connectivity index (χ4v) is 4.60. The average Bonchev–Trinajstić information content (AvgIpc) is 3.35. The standard InChI is InChI=1S/C23H24FN7O/c1-13-6-18(28-31-8-14(2)25-20(13)31)15-7-17(24)21-26-19(10-29(21)9-15)27-22(32)23(3)11-30(12-23)16-4-5-16/h6-10,16H,4-5,11-12H2,1-3H3,(H,27,32). The van der Waals surface area contributed by atoms with E-state index in [9.17, 15) is 9.18 Å². The van der Waals surface area contributed by atoms with Crippen molar-refractivity contribution in [3.8, 4) is 11.3 Å². The van der Waals surface area contributed by atoms with E-state index in [1.807, 2.05) is 33.0 Å². The first kappa shape index (κ1) is 19.4. The minimum atomic E-state index is -0.473. The number of imidazole rings is 2. The van der Waals surface area contributed by atoms with E-state index in [1.165, 1.54) is 18.9 Å². The molecule has 1 N–H and O–H groups in total. The third-order valence-corrected chi connectivity index (χ3v) is 6.49. The Balaban J connectivity index is 1.29. The van der Waals surface area contributed by atoms with Crippen molar-refractivity contribution in [2.75, 3.05) is 18.4 Å². The molecule has 0 spiro atoms. The first-order valence-corrected chi connectivity index (χ1v) is 10.9. The van der Waals surface area contributed by atoms with E-state index < -0.39 is 11.2 Å². The molecule has 2 aliphatic rings. The highest BCUT2D eigenvalue weighted by atomic mass is 19.1. The van der Waals surface area contributed by atoms with Gasteiger partial charge in [0.05, 0.1) is 29.2 Å². The number of anilines is 1. The molecule has 1 aliphatic heterocycles. The molecule has 0 unspecified atom stereocenters. The van der Waals surface area contributed by atoms with Crippen molar-refractivity contribution < 1.29 is 9.18 Å². The summed E-state index contributed by atoms with van der Waals surface area (Å²) < 4.78 is 18.2. The second-order valence-electron chi connectivity index (χ2n) is 9.45. The van der Waals surface area contributed by atoms with Gasteiger partial charge in [-0.05, 0) is 51.3 Å². The Morgan fingerprint density at radius 3 is 2.66 bits per heavy atom. The molecule has 0 atom stereocenters. The summed E-state index contributed by atoms with van der Waals surface area (Å²) in [7, 11) is 0. The van der Waals surface area contributed by atoms with Crippen LogP contribution < -0.4 is 5.32 Å². The van der Waals surface area contributed by atoms with E-state index in [4.69, 9.17) is 0 Å². The van der Waals surface area contributed by atoms with Gasteiger partial charge in [0.25, 0.3) is 0 Å². The van der Waals surface area contributed by atoms with Crippen LogP contribution in [0.3, 0.4) is 0 Å². The number of carbonyl (C=O) groups excluding carboxylic acids is 1. The number of aryl methyl sites for hydroxylation is 2. The number of halogens is 1. The van der Waals surface area contributed by atoms with Gasteiger partial charge in [0, 0.05) is 30.9 Å². The highest BCUT2D eigenvalue weighted by Gasteiger charge is 2.49. The lowest BCUT2D eigenvalue weighted by Crippen LogP contribution is -2.60. The van der Waals surface area contributed by atoms with E-state index >= 15 is 0 Å². The van der Waals surface area contributed by atoms with Gasteiger partial charge in [0.1, 0.15) is 0 Å². The van der Waals surface area contributed by atoms with Crippen LogP contribution in [0.5, 0.6) is 0 Å². The zero-order valence-corrected chi connectivity index (χ0v) is 18.3. The fourth-order valence-electron chi connectivity index (χ4n) is 4.60. The highest BCUT2D eigenvalue weighted by molar-refractivity contribution is 5.95. The van der Waals surface area contributed by atoms with Crippen LogP contribution in [0, 0.1) is 25.1 Å². The van der Waals surface area contributed by atoms with Crippen LogP contribution in [0.25, 0.3) is 22.6 Å². The molecule has 4 aromatic heterocycles. The maximum absolute atomic E-state index is 14.9. The molecule has 164 valence electrons. The normalized spacial score (nSPS) is 18.2. The number of hydrogen-bond acceptors (Lipinski definition) is 5. The van der Waals surface area contributed by atoms with Crippen LogP contribution in [-0.2, 0) is 4.79 Å². The minimum Gasteiger partial charge on any atom is -0.309 e. The van der Waals surface area contributed by atoms with Crippen LogP contribution in [0.1, 0.15) is 31.0 Å². The lowest BCUT2D eigenvalue weighted by atomic mass is 9.81. The molecule has 0 radical (unpaired) electrons. The molecule has 9 heteroatoms. The fraction of sp³-hybridized carbons (Fsp3) is 0.391. The number of hydrogen-bond donors (Lipinski definition) is 1. The first-order valence-electron chi connectivity index (χ1n) is 10.9. The average molecular weight is 433 g/mol. The summed E-state index contributed by atoms with van der Waals surface area (Å²) in [5.41, 5.74) is 3.60. The van der Waals surface area contributed by atoms with Gasteiger partial charge in [0.15, 0.2) is 22.9 Å². The monoisotopic (exact) mass is 433 g/mol. The number of rotatable bonds is 4. The quantitative estimate of drug-likeness (QED) is 0.535. The van der Waals surface area contributed by atoms with E-state index in [-0.39, 0.29) is 11.6 Å². The molecule has 6 rings (SSSR count). The summed E-state index contributed by atoms with van der Waals surface area (Å²) in [5.74, 6) is -0.197. The van der Waals surface area contributed by atoms with Crippen LogP contribution in [0.15, 0.2) is 30.7 Å². The molecule has 5 heterocycles. The number of fused-ring (bicyclic) bond motifs is 2. The van der Waals surface area contributed by atoms with Gasteiger partial charge in [-0.2, -0.15) is 5.10 Å². The van der Waals surface area contributed by atoms with Crippen molar-refractivity contribution >= 4 is 23.0 Å². The molecule has 8 nitrogen and oxygen atoms in total. The van der Waals surface area contributed by atoms with Crippen LogP contribution in [0.2, 0.25) is 0 Å². The summed E-state index contributed by atoms with van der Waals surface area (Å²) in [6.45, 7) is 7.36. The van der Waals surface area contributed by atoms with Crippen LogP contribution in [-0.4, -0.2) is 53.9 Å². The molecule has 0 aromatic carbocycles. The predicted molar refractivity (Wildman–Crippen MR) is 118 cm³/mol. The van der Waals surface area contributed by atoms with E-state index in [0.717, 1.165) is 30.0 Å². The van der Waals surface area contributed by atoms with Crippen molar-refractivity contribution in [3.63, 3.8) is 0 Å². The Hall–Kier alpha value is -3.33. The van der Waals surface area contributed by atoms with Crippen molar-refractivity contribution in [3.05, 3.63) is 47.8 Å². The maximum atomic E-state index is 14.9. The Kier molecular flexibility index (Phi) is 3.98. The summed E-state index contributed by atoms with van der Waals surface area (Å²) in [6.07, 6.45) is 7.73. The molecular formula is C23H24FN7O. The number of nitrogens with one attached hydrogen (secondary N) is 1. The second-order valence-corrected chi connectivity index (χ2v) is 9.45. The van der Waals surface area contributed by atoms with Crippen molar-refractivity contribution in [2.45, 2.75) is 39.7 Å². The van der Waals surface area contributed by atoms with Crippen molar-refractivity contribution in [1.29, 1.82) is 0 Å². The molecular weight excluding hydrogens is 409 g/mol. The van der Waals surface area contributed by atoms with E-state index in [0.29, 0.717) is 23.1 Å². The second kappa shape index (κ2) is 6.59. The molecule has 1 aliphatic carbocycles. The third-order valence-electron chi connectivity index (χ3n) is 6.49. The Bertz CT molecular complexity index is 1390. The van der Waals surface area contributed by atoms with E-state index in [2.05, 4.69) is 25.3 Å². The van der Waals surface area contributed by atoms with Crippen LogP contribution in [0.4, 0.5) is 10.2 Å². The topological polar surface area (TPSA) is 79.8 Å². The zero-order valence-electron chi connectivity index (χ0n) is 18.3. The lowest BCUT2D eigenvalue weighted by molar-refractivity contribution is -0.134. The first-order chi connectivity index (χ1) is 15.3. The third kappa shape index (κ3) is 3.07. The summed E-state index contributed by atoms with van der Waals surface area (Å²) in [4.78, 5) is 23.9. The highest BCUT2D eigenvalue weighted by Crippen LogP contribution is 2.39.